The highest BCUT2D eigenvalue weighted by atomic mass is 35.5. The van der Waals surface area contributed by atoms with E-state index < -0.39 is 52.5 Å². The molecule has 0 aliphatic carbocycles. The van der Waals surface area contributed by atoms with E-state index in [2.05, 4.69) is 10.1 Å². The molecule has 0 fully saturated rings. The zero-order valence-electron chi connectivity index (χ0n) is 15.9. The molecule has 1 atom stereocenters. The lowest BCUT2D eigenvalue weighted by Crippen LogP contribution is -2.36. The molecule has 2 aromatic carbocycles. The van der Waals surface area contributed by atoms with Crippen LogP contribution in [0.2, 0.25) is 5.02 Å². The Kier molecular flexibility index (Phi) is 6.21. The summed E-state index contributed by atoms with van der Waals surface area (Å²) in [5.41, 5.74) is 0.516. The van der Waals surface area contributed by atoms with Gasteiger partial charge < -0.3 is 14.5 Å². The summed E-state index contributed by atoms with van der Waals surface area (Å²) >= 11 is 6.08. The number of hydrogen-bond donors (Lipinski definition) is 1. The first-order chi connectivity index (χ1) is 14.5. The Hall–Kier alpha value is -3.14. The number of carbonyl (C=O) groups is 1. The van der Waals surface area contributed by atoms with Crippen LogP contribution in [0.15, 0.2) is 27.4 Å². The van der Waals surface area contributed by atoms with Crippen molar-refractivity contribution in [2.75, 3.05) is 0 Å². The molecule has 0 saturated heterocycles. The third-order valence-corrected chi connectivity index (χ3v) is 4.80. The van der Waals surface area contributed by atoms with Gasteiger partial charge in [-0.25, -0.2) is 18.0 Å². The van der Waals surface area contributed by atoms with Crippen molar-refractivity contribution in [1.29, 1.82) is 0 Å². The van der Waals surface area contributed by atoms with Gasteiger partial charge in [0.1, 0.15) is 5.58 Å². The average molecular weight is 462 g/mol. The van der Waals surface area contributed by atoms with Crippen molar-refractivity contribution in [1.82, 2.24) is 5.32 Å². The number of benzene rings is 2. The van der Waals surface area contributed by atoms with Crippen LogP contribution in [-0.2, 0) is 11.3 Å². The Balaban J connectivity index is 1.81. The fraction of sp³-hybridized carbons (Fsp3) is 0.200. The van der Waals surface area contributed by atoms with E-state index in [1.807, 2.05) is 0 Å². The van der Waals surface area contributed by atoms with E-state index in [4.69, 9.17) is 16.0 Å². The predicted molar refractivity (Wildman–Crippen MR) is 100 cm³/mol. The lowest BCUT2D eigenvalue weighted by Gasteiger charge is -2.17. The van der Waals surface area contributed by atoms with Gasteiger partial charge in [-0.15, -0.1) is 0 Å². The average Bonchev–Trinajstić information content (AvgIpc) is 2.73. The fourth-order valence-corrected chi connectivity index (χ4v) is 2.90. The van der Waals surface area contributed by atoms with Crippen LogP contribution >= 0.6 is 11.6 Å². The van der Waals surface area contributed by atoms with Gasteiger partial charge in [0.15, 0.2) is 11.9 Å². The van der Waals surface area contributed by atoms with E-state index in [0.29, 0.717) is 21.5 Å². The van der Waals surface area contributed by atoms with Crippen molar-refractivity contribution in [3.8, 4) is 5.75 Å². The molecule has 1 heterocycles. The topological polar surface area (TPSA) is 68.5 Å². The second-order valence-corrected chi connectivity index (χ2v) is 6.97. The number of nitrogens with one attached hydrogen (secondary N) is 1. The van der Waals surface area contributed by atoms with Crippen LogP contribution in [0.1, 0.15) is 18.1 Å². The SMILES string of the molecule is Cc1cc2oc(=O)cc(CNC(=O)C(C)Oc3c(F)c(F)c(F)c(F)c3F)c2cc1Cl. The largest absolute Gasteiger partial charge is 0.475 e. The molecule has 0 aliphatic heterocycles. The summed E-state index contributed by atoms with van der Waals surface area (Å²) in [5.74, 6) is -13.7. The summed E-state index contributed by atoms with van der Waals surface area (Å²) < 4.78 is 76.9. The van der Waals surface area contributed by atoms with Crippen molar-refractivity contribution in [3.05, 3.63) is 73.9 Å². The van der Waals surface area contributed by atoms with Crippen molar-refractivity contribution >= 4 is 28.5 Å². The van der Waals surface area contributed by atoms with Crippen LogP contribution in [-0.4, -0.2) is 12.0 Å². The molecule has 3 rings (SSSR count). The quantitative estimate of drug-likeness (QED) is 0.262. The van der Waals surface area contributed by atoms with Crippen molar-refractivity contribution < 1.29 is 35.9 Å². The third-order valence-electron chi connectivity index (χ3n) is 4.40. The molecule has 1 amide bonds. The first-order valence-corrected chi connectivity index (χ1v) is 9.07. The molecule has 1 unspecified atom stereocenters. The highest BCUT2D eigenvalue weighted by Gasteiger charge is 2.29. The van der Waals surface area contributed by atoms with Crippen molar-refractivity contribution in [3.63, 3.8) is 0 Å². The van der Waals surface area contributed by atoms with E-state index in [1.165, 1.54) is 6.07 Å². The number of amides is 1. The number of carbonyl (C=O) groups excluding carboxylic acids is 1. The van der Waals surface area contributed by atoms with E-state index in [1.54, 1.807) is 13.0 Å². The van der Waals surface area contributed by atoms with Gasteiger partial charge in [0, 0.05) is 23.0 Å². The van der Waals surface area contributed by atoms with Crippen LogP contribution in [0.25, 0.3) is 11.0 Å². The van der Waals surface area contributed by atoms with Gasteiger partial charge in [0.25, 0.3) is 5.91 Å². The third kappa shape index (κ3) is 4.34. The molecular formula is C20H13ClF5NO4. The van der Waals surface area contributed by atoms with Crippen LogP contribution < -0.4 is 15.7 Å². The zero-order chi connectivity index (χ0) is 23.0. The van der Waals surface area contributed by atoms with Crippen LogP contribution in [0.4, 0.5) is 22.0 Å². The minimum absolute atomic E-state index is 0.226. The second-order valence-electron chi connectivity index (χ2n) is 6.57. The summed E-state index contributed by atoms with van der Waals surface area (Å²) in [7, 11) is 0. The minimum atomic E-state index is -2.34. The van der Waals surface area contributed by atoms with Crippen LogP contribution in [0.5, 0.6) is 5.75 Å². The molecule has 0 saturated carbocycles. The molecule has 0 aliphatic rings. The summed E-state index contributed by atoms with van der Waals surface area (Å²) in [4.78, 5) is 24.0. The molecule has 5 nitrogen and oxygen atoms in total. The lowest BCUT2D eigenvalue weighted by molar-refractivity contribution is -0.127. The van der Waals surface area contributed by atoms with E-state index >= 15 is 0 Å². The Labute approximate surface area is 176 Å². The Morgan fingerprint density at radius 3 is 2.26 bits per heavy atom. The smallest absolute Gasteiger partial charge is 0.336 e. The van der Waals surface area contributed by atoms with Gasteiger partial charge in [-0.1, -0.05) is 11.6 Å². The molecule has 0 radical (unpaired) electrons. The van der Waals surface area contributed by atoms with E-state index in [0.717, 1.165) is 13.0 Å². The molecule has 164 valence electrons. The number of aryl methyl sites for hydroxylation is 1. The molecule has 1 N–H and O–H groups in total. The van der Waals surface area contributed by atoms with Crippen LogP contribution in [0, 0.1) is 36.0 Å². The standard InChI is InChI=1S/C20H13ClF5NO4/c1-7-3-12-10(5-11(7)21)9(4-13(28)31-12)6-27-20(29)8(2)30-19-17(25)15(23)14(22)16(24)18(19)26/h3-5,8H,6H2,1-2H3,(H,27,29). The maximum Gasteiger partial charge on any atom is 0.336 e. The van der Waals surface area contributed by atoms with E-state index in [9.17, 15) is 31.5 Å². The monoisotopic (exact) mass is 461 g/mol. The Morgan fingerprint density at radius 2 is 1.65 bits per heavy atom. The van der Waals surface area contributed by atoms with Gasteiger partial charge in [0.05, 0.1) is 0 Å². The summed E-state index contributed by atoms with van der Waals surface area (Å²) in [5, 5.41) is 3.18. The summed E-state index contributed by atoms with van der Waals surface area (Å²) in [6.45, 7) is 2.52. The van der Waals surface area contributed by atoms with Gasteiger partial charge in [0.2, 0.25) is 29.1 Å². The molecule has 11 heteroatoms. The summed E-state index contributed by atoms with van der Waals surface area (Å²) in [6.07, 6.45) is -1.63. The van der Waals surface area contributed by atoms with Gasteiger partial charge in [-0.05, 0) is 37.1 Å². The number of fused-ring (bicyclic) bond motifs is 1. The number of rotatable bonds is 5. The normalized spacial score (nSPS) is 12.1. The van der Waals surface area contributed by atoms with Gasteiger partial charge in [-0.3, -0.25) is 4.79 Å². The highest BCUT2D eigenvalue weighted by Crippen LogP contribution is 2.30. The van der Waals surface area contributed by atoms with Crippen molar-refractivity contribution in [2.24, 2.45) is 0 Å². The van der Waals surface area contributed by atoms with Gasteiger partial charge in [-0.2, -0.15) is 8.78 Å². The first-order valence-electron chi connectivity index (χ1n) is 8.70. The number of ether oxygens (including phenoxy) is 1. The van der Waals surface area contributed by atoms with Gasteiger partial charge >= 0.3 is 5.63 Å². The minimum Gasteiger partial charge on any atom is -0.475 e. The van der Waals surface area contributed by atoms with Crippen LogP contribution in [0.3, 0.4) is 0 Å². The maximum atomic E-state index is 13.7. The number of hydrogen-bond acceptors (Lipinski definition) is 4. The number of halogens is 6. The lowest BCUT2D eigenvalue weighted by atomic mass is 10.1. The molecule has 1 aromatic heterocycles. The highest BCUT2D eigenvalue weighted by molar-refractivity contribution is 6.32. The maximum absolute atomic E-state index is 13.7. The van der Waals surface area contributed by atoms with E-state index in [-0.39, 0.29) is 12.1 Å². The first kappa shape index (κ1) is 22.5. The molecule has 3 aromatic rings. The Morgan fingerprint density at radius 1 is 1.06 bits per heavy atom. The Bertz CT molecular complexity index is 1230. The predicted octanol–water partition coefficient (Wildman–Crippen LogP) is 4.53. The fourth-order valence-electron chi connectivity index (χ4n) is 2.74. The molecule has 0 spiro atoms. The molecular weight excluding hydrogens is 449 g/mol. The van der Waals surface area contributed by atoms with Crippen molar-refractivity contribution in [2.45, 2.75) is 26.5 Å². The zero-order valence-corrected chi connectivity index (χ0v) is 16.7. The molecule has 31 heavy (non-hydrogen) atoms. The second kappa shape index (κ2) is 8.54. The molecule has 0 bridgehead atoms. The summed E-state index contributed by atoms with van der Waals surface area (Å²) in [6, 6.07) is 4.19.